The Balaban J connectivity index is -0.0000000800. The van der Waals surface area contributed by atoms with Gasteiger partial charge in [-0.15, -0.1) is 0 Å². The van der Waals surface area contributed by atoms with Crippen molar-refractivity contribution in [3.63, 3.8) is 0 Å². The molecule has 0 aromatic carbocycles. The molecule has 6 heteroatoms. The second-order valence-corrected chi connectivity index (χ2v) is 2.20. The zero-order chi connectivity index (χ0) is 4.50. The molecule has 0 aromatic rings. The second-order valence-electron chi connectivity index (χ2n) is 0.733. The topological polar surface area (TPSA) is 85.9 Å². The van der Waals surface area contributed by atoms with Crippen molar-refractivity contribution in [3.8, 4) is 0 Å². The molecule has 47 valence electrons. The maximum Gasteiger partial charge on any atom is 0.261 e. The molecular weight excluding hydrogens is 163 g/mol. The van der Waals surface area contributed by atoms with Crippen LogP contribution in [-0.4, -0.2) is 24.7 Å². The van der Waals surface area contributed by atoms with E-state index in [1.54, 1.807) is 0 Å². The monoisotopic (exact) mass is 169 g/mol. The van der Waals surface area contributed by atoms with Crippen LogP contribution < -0.4 is 0 Å². The Morgan fingerprint density at radius 2 is 1.43 bits per heavy atom. The van der Waals surface area contributed by atoms with Crippen LogP contribution in [0.3, 0.4) is 0 Å². The average molecular weight is 169 g/mol. The zero-order valence-corrected chi connectivity index (χ0v) is 5.55. The molecule has 0 heterocycles. The van der Waals surface area contributed by atoms with E-state index in [-0.39, 0.29) is 22.5 Å². The van der Waals surface area contributed by atoms with Crippen LogP contribution >= 0.6 is 0 Å². The fraction of sp³-hybridized carbons (Fsp3) is 1.00. The molecule has 0 aliphatic heterocycles. The summed E-state index contributed by atoms with van der Waals surface area (Å²) in [6, 6.07) is 0. The van der Waals surface area contributed by atoms with Crippen LogP contribution in [0.15, 0.2) is 0 Å². The smallest absolute Gasteiger partial charge is 0.261 e. The van der Waals surface area contributed by atoms with Gasteiger partial charge < -0.3 is 5.48 Å². The molecular formula is CH6MnO4S. The fourth-order valence-electron chi connectivity index (χ4n) is 0. The minimum Gasteiger partial charge on any atom is -0.412 e. The van der Waals surface area contributed by atoms with Crippen LogP contribution in [0.25, 0.3) is 0 Å². The molecule has 0 unspecified atom stereocenters. The van der Waals surface area contributed by atoms with Crippen LogP contribution in [-0.2, 0) is 27.2 Å². The van der Waals surface area contributed by atoms with Crippen LogP contribution in [0.4, 0.5) is 0 Å². The summed E-state index contributed by atoms with van der Waals surface area (Å²) in [5, 5.41) is 0. The van der Waals surface area contributed by atoms with E-state index in [0.717, 1.165) is 0 Å². The van der Waals surface area contributed by atoms with E-state index in [0.29, 0.717) is 6.26 Å². The molecule has 0 amide bonds. The second kappa shape index (κ2) is 4.55. The zero-order valence-electron chi connectivity index (χ0n) is 3.55. The average Bonchev–Trinajstić information content (AvgIpc) is 0.722. The van der Waals surface area contributed by atoms with E-state index >= 15 is 0 Å². The summed E-state index contributed by atoms with van der Waals surface area (Å²) in [6.07, 6.45) is 0.715. The normalized spacial score (nSPS) is 8.29. The van der Waals surface area contributed by atoms with Gasteiger partial charge in [0.15, 0.2) is 0 Å². The third-order valence-electron chi connectivity index (χ3n) is 0. The molecule has 0 bridgehead atoms. The van der Waals surface area contributed by atoms with E-state index in [2.05, 4.69) is 0 Å². The Labute approximate surface area is 52.4 Å². The van der Waals surface area contributed by atoms with Gasteiger partial charge in [-0.05, 0) is 0 Å². The number of rotatable bonds is 0. The predicted octanol–water partition coefficient (Wildman–Crippen LogP) is -1.32. The van der Waals surface area contributed by atoms with Crippen molar-refractivity contribution in [2.45, 2.75) is 0 Å². The van der Waals surface area contributed by atoms with E-state index in [4.69, 9.17) is 4.55 Å². The van der Waals surface area contributed by atoms with Crippen molar-refractivity contribution in [3.05, 3.63) is 0 Å². The summed E-state index contributed by atoms with van der Waals surface area (Å²) in [4.78, 5) is 0. The Morgan fingerprint density at radius 1 is 1.43 bits per heavy atom. The van der Waals surface area contributed by atoms with Crippen molar-refractivity contribution in [1.29, 1.82) is 0 Å². The van der Waals surface area contributed by atoms with Gasteiger partial charge in [0.2, 0.25) is 0 Å². The van der Waals surface area contributed by atoms with Crippen molar-refractivity contribution >= 4 is 10.1 Å². The Hall–Kier alpha value is 0.389. The van der Waals surface area contributed by atoms with Crippen LogP contribution in [0.2, 0.25) is 0 Å². The van der Waals surface area contributed by atoms with Gasteiger partial charge in [0.25, 0.3) is 10.1 Å². The third-order valence-corrected chi connectivity index (χ3v) is 0. The first-order chi connectivity index (χ1) is 2.00. The first-order valence-electron chi connectivity index (χ1n) is 0.924. The van der Waals surface area contributed by atoms with Gasteiger partial charge in [0, 0.05) is 17.1 Å². The summed E-state index contributed by atoms with van der Waals surface area (Å²) in [6.45, 7) is 0. The summed E-state index contributed by atoms with van der Waals surface area (Å²) < 4.78 is 25.9. The van der Waals surface area contributed by atoms with Gasteiger partial charge in [-0.2, -0.15) is 8.42 Å². The molecule has 0 saturated carbocycles. The van der Waals surface area contributed by atoms with Gasteiger partial charge in [0.1, 0.15) is 0 Å². The summed E-state index contributed by atoms with van der Waals surface area (Å²) >= 11 is 0. The largest absolute Gasteiger partial charge is 0.412 e. The van der Waals surface area contributed by atoms with Gasteiger partial charge >= 0.3 is 0 Å². The van der Waals surface area contributed by atoms with Gasteiger partial charge in [-0.3, -0.25) is 4.55 Å². The van der Waals surface area contributed by atoms with Crippen molar-refractivity contribution in [2.24, 2.45) is 0 Å². The van der Waals surface area contributed by atoms with E-state index in [1.165, 1.54) is 0 Å². The van der Waals surface area contributed by atoms with Gasteiger partial charge in [-0.1, -0.05) is 0 Å². The van der Waals surface area contributed by atoms with E-state index in [9.17, 15) is 8.42 Å². The summed E-state index contributed by atoms with van der Waals surface area (Å²) in [5.74, 6) is 0. The Morgan fingerprint density at radius 3 is 1.43 bits per heavy atom. The van der Waals surface area contributed by atoms with E-state index < -0.39 is 10.1 Å². The van der Waals surface area contributed by atoms with Gasteiger partial charge in [0.05, 0.1) is 6.26 Å². The molecule has 0 rings (SSSR count). The first-order valence-corrected chi connectivity index (χ1v) is 2.77. The van der Waals surface area contributed by atoms with Crippen molar-refractivity contribution in [2.75, 3.05) is 6.26 Å². The molecule has 7 heavy (non-hydrogen) atoms. The molecule has 0 aliphatic carbocycles. The minimum absolute atomic E-state index is 0. The Bertz CT molecular complexity index is 94.9. The van der Waals surface area contributed by atoms with Crippen LogP contribution in [0.5, 0.6) is 0 Å². The van der Waals surface area contributed by atoms with Crippen molar-refractivity contribution < 1.29 is 35.5 Å². The minimum atomic E-state index is -3.67. The maximum absolute atomic E-state index is 9.19. The molecule has 0 aliphatic rings. The Kier molecular flexibility index (Phi) is 10.2. The number of hydrogen-bond acceptors (Lipinski definition) is 2. The summed E-state index contributed by atoms with van der Waals surface area (Å²) in [7, 11) is -3.67. The molecule has 0 aromatic heterocycles. The maximum atomic E-state index is 9.19. The van der Waals surface area contributed by atoms with Crippen molar-refractivity contribution in [1.82, 2.24) is 0 Å². The quantitative estimate of drug-likeness (QED) is 0.360. The predicted molar refractivity (Wildman–Crippen MR) is 21.1 cm³/mol. The fourth-order valence-corrected chi connectivity index (χ4v) is 0. The molecule has 3 N–H and O–H groups in total. The number of hydrogen-bond donors (Lipinski definition) is 1. The molecule has 0 saturated heterocycles. The van der Waals surface area contributed by atoms with Gasteiger partial charge in [-0.25, -0.2) is 0 Å². The SMILES string of the molecule is CS(=O)(=O)O.O.[Mn]. The van der Waals surface area contributed by atoms with Crippen LogP contribution in [0.1, 0.15) is 0 Å². The van der Waals surface area contributed by atoms with Crippen LogP contribution in [0, 0.1) is 0 Å². The van der Waals surface area contributed by atoms with E-state index in [1.807, 2.05) is 0 Å². The third kappa shape index (κ3) is 812. The standard InChI is InChI=1S/CH4O3S.Mn.H2O/c1-5(2,3)4;;/h1H3,(H,2,3,4);;1H2. The molecule has 0 spiro atoms. The summed E-state index contributed by atoms with van der Waals surface area (Å²) in [5.41, 5.74) is 0. The first kappa shape index (κ1) is 15.7. The molecule has 1 radical (unpaired) electrons. The molecule has 0 fully saturated rings. The molecule has 0 atom stereocenters. The molecule has 4 nitrogen and oxygen atoms in total.